The van der Waals surface area contributed by atoms with E-state index < -0.39 is 0 Å². The van der Waals surface area contributed by atoms with Gasteiger partial charge >= 0.3 is 0 Å². The zero-order valence-electron chi connectivity index (χ0n) is 14.2. The van der Waals surface area contributed by atoms with Gasteiger partial charge in [0.1, 0.15) is 12.3 Å². The van der Waals surface area contributed by atoms with Crippen LogP contribution in [0, 0.1) is 13.7 Å². The van der Waals surface area contributed by atoms with Gasteiger partial charge in [0, 0.05) is 0 Å². The molecular formula is C16H27BrIN2O4+. The van der Waals surface area contributed by atoms with Crippen LogP contribution in [0.2, 0.25) is 0 Å². The lowest BCUT2D eigenvalue weighted by atomic mass is 10.2. The minimum Gasteiger partial charge on any atom is -0.493 e. The summed E-state index contributed by atoms with van der Waals surface area (Å²) in [5.74, 6) is 0.554. The van der Waals surface area contributed by atoms with E-state index in [9.17, 15) is 10.1 Å². The van der Waals surface area contributed by atoms with E-state index in [0.717, 1.165) is 43.3 Å². The standard InChI is InChI=1S/C16H26IN2O4.BrH/c1-19(2,10-11-20)9-5-3-4-6-12-23-14-7-8-15(17)16(13-14)18(21)22;/h7-8,13,20H,3-6,9-12H2,1-2H3;1H/q+1;. The topological polar surface area (TPSA) is 72.6 Å². The van der Waals surface area contributed by atoms with Crippen molar-refractivity contribution in [1.82, 2.24) is 0 Å². The molecule has 0 aliphatic carbocycles. The molecule has 8 heteroatoms. The summed E-state index contributed by atoms with van der Waals surface area (Å²) in [4.78, 5) is 10.5. The van der Waals surface area contributed by atoms with Crippen molar-refractivity contribution in [2.24, 2.45) is 0 Å². The van der Waals surface area contributed by atoms with Crippen LogP contribution in [0.25, 0.3) is 0 Å². The molecule has 0 atom stereocenters. The SMILES string of the molecule is Br.C[N+](C)(CCO)CCCCCCOc1ccc(I)c([N+](=O)[O-])c1. The van der Waals surface area contributed by atoms with E-state index in [0.29, 0.717) is 15.9 Å². The average Bonchev–Trinajstić information content (AvgIpc) is 2.47. The fraction of sp³-hybridized carbons (Fsp3) is 0.625. The summed E-state index contributed by atoms with van der Waals surface area (Å²) in [5.41, 5.74) is 0.0898. The van der Waals surface area contributed by atoms with Gasteiger partial charge in [0.15, 0.2) is 0 Å². The molecule has 0 unspecified atom stereocenters. The van der Waals surface area contributed by atoms with Gasteiger partial charge in [0.2, 0.25) is 0 Å². The number of aliphatic hydroxyl groups is 1. The van der Waals surface area contributed by atoms with Gasteiger partial charge in [-0.2, -0.15) is 0 Å². The number of aliphatic hydroxyl groups excluding tert-OH is 1. The van der Waals surface area contributed by atoms with Crippen molar-refractivity contribution >= 4 is 45.3 Å². The summed E-state index contributed by atoms with van der Waals surface area (Å²) in [6, 6.07) is 4.95. The zero-order valence-corrected chi connectivity index (χ0v) is 18.1. The Hall–Kier alpha value is -0.450. The molecule has 0 aliphatic rings. The third-order valence-corrected chi connectivity index (χ3v) is 4.66. The summed E-state index contributed by atoms with van der Waals surface area (Å²) in [6.45, 7) is 2.65. The number of benzene rings is 1. The van der Waals surface area contributed by atoms with Crippen LogP contribution in [-0.4, -0.2) is 54.9 Å². The Bertz CT molecular complexity index is 515. The van der Waals surface area contributed by atoms with Gasteiger partial charge in [-0.25, -0.2) is 0 Å². The normalized spacial score (nSPS) is 11.0. The van der Waals surface area contributed by atoms with Gasteiger partial charge in [-0.15, -0.1) is 17.0 Å². The smallest absolute Gasteiger partial charge is 0.286 e. The molecule has 0 bridgehead atoms. The molecule has 1 rings (SSSR count). The number of rotatable bonds is 11. The largest absolute Gasteiger partial charge is 0.493 e. The van der Waals surface area contributed by atoms with E-state index in [1.807, 2.05) is 22.6 Å². The number of quaternary nitrogens is 1. The number of ether oxygens (including phenoxy) is 1. The number of nitro benzene ring substituents is 1. The van der Waals surface area contributed by atoms with Crippen molar-refractivity contribution in [3.05, 3.63) is 31.9 Å². The predicted octanol–water partition coefficient (Wildman–Crippen LogP) is 3.79. The lowest BCUT2D eigenvalue weighted by Crippen LogP contribution is -2.42. The molecule has 0 aliphatic heterocycles. The van der Waals surface area contributed by atoms with Crippen LogP contribution in [0.1, 0.15) is 25.7 Å². The molecule has 0 radical (unpaired) electrons. The van der Waals surface area contributed by atoms with Crippen LogP contribution in [0.15, 0.2) is 18.2 Å². The van der Waals surface area contributed by atoms with Crippen LogP contribution in [0.3, 0.4) is 0 Å². The second kappa shape index (κ2) is 12.0. The first-order valence-corrected chi connectivity index (χ1v) is 8.93. The molecule has 1 aromatic carbocycles. The zero-order chi connectivity index (χ0) is 17.3. The van der Waals surface area contributed by atoms with Crippen molar-refractivity contribution in [2.75, 3.05) is 40.4 Å². The number of likely N-dealkylation sites (N-methyl/N-ethyl adjacent to an activating group) is 1. The van der Waals surface area contributed by atoms with Gasteiger partial charge in [-0.05, 0) is 60.4 Å². The highest BCUT2D eigenvalue weighted by molar-refractivity contribution is 14.1. The number of unbranched alkanes of at least 4 members (excludes halogenated alkanes) is 3. The molecule has 138 valence electrons. The van der Waals surface area contributed by atoms with Gasteiger partial charge in [-0.3, -0.25) is 10.1 Å². The first kappa shape index (κ1) is 23.5. The minimum atomic E-state index is -0.388. The number of halogens is 2. The fourth-order valence-electron chi connectivity index (χ4n) is 2.29. The maximum Gasteiger partial charge on any atom is 0.286 e. The van der Waals surface area contributed by atoms with E-state index in [2.05, 4.69) is 14.1 Å². The molecule has 0 amide bonds. The summed E-state index contributed by atoms with van der Waals surface area (Å²) < 4.78 is 7.05. The van der Waals surface area contributed by atoms with Gasteiger partial charge in [-0.1, -0.05) is 0 Å². The third kappa shape index (κ3) is 9.14. The number of nitro groups is 1. The van der Waals surface area contributed by atoms with Crippen LogP contribution in [0.5, 0.6) is 5.75 Å². The van der Waals surface area contributed by atoms with E-state index in [1.165, 1.54) is 6.07 Å². The van der Waals surface area contributed by atoms with Crippen LogP contribution < -0.4 is 4.74 Å². The highest BCUT2D eigenvalue weighted by Crippen LogP contribution is 2.26. The van der Waals surface area contributed by atoms with Crippen molar-refractivity contribution in [1.29, 1.82) is 0 Å². The van der Waals surface area contributed by atoms with Crippen molar-refractivity contribution in [3.63, 3.8) is 0 Å². The average molecular weight is 518 g/mol. The number of nitrogens with zero attached hydrogens (tertiary/aromatic N) is 2. The number of hydrogen-bond donors (Lipinski definition) is 1. The Morgan fingerprint density at radius 1 is 1.21 bits per heavy atom. The molecule has 24 heavy (non-hydrogen) atoms. The maximum absolute atomic E-state index is 10.9. The second-order valence-electron chi connectivity index (χ2n) is 6.24. The molecule has 1 N–H and O–H groups in total. The Morgan fingerprint density at radius 3 is 2.50 bits per heavy atom. The molecular weight excluding hydrogens is 491 g/mol. The van der Waals surface area contributed by atoms with E-state index in [4.69, 9.17) is 9.84 Å². The Labute approximate surface area is 167 Å². The molecule has 0 saturated carbocycles. The molecule has 0 heterocycles. The second-order valence-corrected chi connectivity index (χ2v) is 7.40. The van der Waals surface area contributed by atoms with Crippen LogP contribution in [-0.2, 0) is 0 Å². The molecule has 0 aromatic heterocycles. The summed E-state index contributed by atoms with van der Waals surface area (Å²) in [5, 5.41) is 19.9. The highest BCUT2D eigenvalue weighted by atomic mass is 127. The minimum absolute atomic E-state index is 0. The monoisotopic (exact) mass is 517 g/mol. The first-order valence-electron chi connectivity index (χ1n) is 7.85. The molecule has 6 nitrogen and oxygen atoms in total. The van der Waals surface area contributed by atoms with Crippen LogP contribution in [0.4, 0.5) is 5.69 Å². The molecule has 0 saturated heterocycles. The predicted molar refractivity (Wildman–Crippen MR) is 109 cm³/mol. The van der Waals surface area contributed by atoms with Crippen molar-refractivity contribution in [3.8, 4) is 5.75 Å². The Kier molecular flexibility index (Phi) is 11.8. The van der Waals surface area contributed by atoms with Gasteiger partial charge < -0.3 is 14.3 Å². The lowest BCUT2D eigenvalue weighted by Gasteiger charge is -2.28. The third-order valence-electron chi connectivity index (χ3n) is 3.75. The Balaban J connectivity index is 0.00000529. The molecule has 0 spiro atoms. The van der Waals surface area contributed by atoms with Crippen LogP contribution >= 0.6 is 39.6 Å². The molecule has 0 fully saturated rings. The summed E-state index contributed by atoms with van der Waals surface area (Å²) >= 11 is 1.95. The van der Waals surface area contributed by atoms with Crippen molar-refractivity contribution in [2.45, 2.75) is 25.7 Å². The van der Waals surface area contributed by atoms with Crippen molar-refractivity contribution < 1.29 is 19.2 Å². The highest BCUT2D eigenvalue weighted by Gasteiger charge is 2.13. The first-order chi connectivity index (χ1) is 10.9. The van der Waals surface area contributed by atoms with E-state index >= 15 is 0 Å². The Morgan fingerprint density at radius 2 is 1.88 bits per heavy atom. The van der Waals surface area contributed by atoms with E-state index in [-0.39, 0.29) is 34.2 Å². The summed E-state index contributed by atoms with van der Waals surface area (Å²) in [6.07, 6.45) is 4.27. The van der Waals surface area contributed by atoms with Gasteiger partial charge in [0.25, 0.3) is 5.69 Å². The summed E-state index contributed by atoms with van der Waals surface area (Å²) in [7, 11) is 4.26. The lowest BCUT2D eigenvalue weighted by molar-refractivity contribution is -0.890. The van der Waals surface area contributed by atoms with Gasteiger partial charge in [0.05, 0.1) is 48.4 Å². The maximum atomic E-state index is 10.9. The molecule has 1 aromatic rings. The fourth-order valence-corrected chi connectivity index (χ4v) is 2.82. The number of hydrogen-bond acceptors (Lipinski definition) is 4. The quantitative estimate of drug-likeness (QED) is 0.159. The van der Waals surface area contributed by atoms with E-state index in [1.54, 1.807) is 12.1 Å².